The van der Waals surface area contributed by atoms with Crippen molar-refractivity contribution in [1.82, 2.24) is 4.31 Å². The fraction of sp³-hybridized carbons (Fsp3) is 0.400. The van der Waals surface area contributed by atoms with E-state index in [9.17, 15) is 8.42 Å². The van der Waals surface area contributed by atoms with Crippen molar-refractivity contribution in [1.29, 1.82) is 0 Å². The highest BCUT2D eigenvalue weighted by Crippen LogP contribution is 2.32. The van der Waals surface area contributed by atoms with Crippen molar-refractivity contribution in [2.45, 2.75) is 30.4 Å². The summed E-state index contributed by atoms with van der Waals surface area (Å²) in [5, 5.41) is 0. The molecule has 0 N–H and O–H groups in total. The molecule has 6 nitrogen and oxygen atoms in total. The number of methoxy groups -OCH3 is 2. The van der Waals surface area contributed by atoms with Gasteiger partial charge in [0.25, 0.3) is 0 Å². The van der Waals surface area contributed by atoms with Crippen LogP contribution in [0.5, 0.6) is 11.5 Å². The Morgan fingerprint density at radius 3 is 2.52 bits per heavy atom. The lowest BCUT2D eigenvalue weighted by molar-refractivity contribution is -0.0265. The molecule has 2 aromatic carbocycles. The van der Waals surface area contributed by atoms with Crippen LogP contribution in [0.25, 0.3) is 0 Å². The second kappa shape index (κ2) is 8.29. The van der Waals surface area contributed by atoms with E-state index in [0.717, 1.165) is 5.56 Å². The molecule has 2 aromatic rings. The molecular weight excluding hydrogens is 366 g/mol. The number of nitrogens with zero attached hydrogens (tertiary/aromatic N) is 1. The number of sulfonamides is 1. The van der Waals surface area contributed by atoms with Crippen LogP contribution in [0, 0.1) is 0 Å². The van der Waals surface area contributed by atoms with E-state index in [-0.39, 0.29) is 17.0 Å². The van der Waals surface area contributed by atoms with Crippen LogP contribution in [0.3, 0.4) is 0 Å². The molecule has 0 amide bonds. The maximum absolute atomic E-state index is 13.4. The zero-order chi connectivity index (χ0) is 19.4. The van der Waals surface area contributed by atoms with E-state index in [0.29, 0.717) is 31.1 Å². The van der Waals surface area contributed by atoms with Gasteiger partial charge in [0.1, 0.15) is 16.4 Å². The van der Waals surface area contributed by atoms with Gasteiger partial charge in [0.2, 0.25) is 10.0 Å². The van der Waals surface area contributed by atoms with Crippen LogP contribution in [-0.4, -0.2) is 52.2 Å². The Bertz CT molecular complexity index is 869. The summed E-state index contributed by atoms with van der Waals surface area (Å²) < 4.78 is 44.6. The molecule has 0 spiro atoms. The molecule has 1 heterocycles. The van der Waals surface area contributed by atoms with Gasteiger partial charge in [-0.1, -0.05) is 30.3 Å². The maximum atomic E-state index is 13.4. The average molecular weight is 391 g/mol. The van der Waals surface area contributed by atoms with Gasteiger partial charge in [-0.15, -0.1) is 0 Å². The van der Waals surface area contributed by atoms with Crippen LogP contribution >= 0.6 is 0 Å². The molecule has 0 saturated carbocycles. The van der Waals surface area contributed by atoms with Crippen LogP contribution in [0.4, 0.5) is 0 Å². The van der Waals surface area contributed by atoms with Crippen LogP contribution in [-0.2, 0) is 21.2 Å². The highest BCUT2D eigenvalue weighted by atomic mass is 32.2. The van der Waals surface area contributed by atoms with E-state index >= 15 is 0 Å². The van der Waals surface area contributed by atoms with Gasteiger partial charge >= 0.3 is 0 Å². The zero-order valence-electron chi connectivity index (χ0n) is 15.8. The van der Waals surface area contributed by atoms with Crippen LogP contribution in [0.1, 0.15) is 12.5 Å². The fourth-order valence-electron chi connectivity index (χ4n) is 3.24. The predicted molar refractivity (Wildman–Crippen MR) is 103 cm³/mol. The molecule has 7 heteroatoms. The molecule has 2 unspecified atom stereocenters. The largest absolute Gasteiger partial charge is 0.497 e. The molecule has 27 heavy (non-hydrogen) atoms. The number of morpholine rings is 1. The van der Waals surface area contributed by atoms with Gasteiger partial charge in [0.15, 0.2) is 0 Å². The van der Waals surface area contributed by atoms with Gasteiger partial charge in [-0.2, -0.15) is 4.31 Å². The van der Waals surface area contributed by atoms with Crippen LogP contribution < -0.4 is 9.47 Å². The van der Waals surface area contributed by atoms with Crippen molar-refractivity contribution in [3.63, 3.8) is 0 Å². The highest BCUT2D eigenvalue weighted by molar-refractivity contribution is 7.89. The molecule has 0 radical (unpaired) electrons. The molecule has 2 atom stereocenters. The van der Waals surface area contributed by atoms with E-state index in [1.807, 2.05) is 37.3 Å². The Morgan fingerprint density at radius 1 is 1.11 bits per heavy atom. The number of benzene rings is 2. The van der Waals surface area contributed by atoms with Gasteiger partial charge in [0.05, 0.1) is 26.9 Å². The lowest BCUT2D eigenvalue weighted by Crippen LogP contribution is -2.51. The molecule has 1 aliphatic heterocycles. The normalized spacial score (nSPS) is 21.0. The number of hydrogen-bond acceptors (Lipinski definition) is 5. The van der Waals surface area contributed by atoms with Gasteiger partial charge in [0, 0.05) is 18.7 Å². The average Bonchev–Trinajstić information content (AvgIpc) is 2.69. The topological polar surface area (TPSA) is 65.1 Å². The first-order valence-corrected chi connectivity index (χ1v) is 10.3. The summed E-state index contributed by atoms with van der Waals surface area (Å²) in [7, 11) is -0.798. The fourth-order valence-corrected chi connectivity index (χ4v) is 5.06. The Labute approximate surface area is 160 Å². The first-order valence-electron chi connectivity index (χ1n) is 8.85. The summed E-state index contributed by atoms with van der Waals surface area (Å²) in [5.41, 5.74) is 1.12. The van der Waals surface area contributed by atoms with E-state index < -0.39 is 10.0 Å². The molecular formula is C20H25NO5S. The summed E-state index contributed by atoms with van der Waals surface area (Å²) in [4.78, 5) is 0.108. The first-order chi connectivity index (χ1) is 13.0. The summed E-state index contributed by atoms with van der Waals surface area (Å²) in [6.07, 6.45) is 0.462. The third-order valence-corrected chi connectivity index (χ3v) is 6.71. The molecule has 1 fully saturated rings. The standard InChI is InChI=1S/C20H25NO5S/c1-15-14-26-18(11-16-7-5-4-6-8-16)13-21(15)27(22,23)20-12-17(24-2)9-10-19(20)25-3/h4-10,12,15,18H,11,13-14H2,1-3H3. The van der Waals surface area contributed by atoms with Gasteiger partial charge in [-0.3, -0.25) is 0 Å². The third kappa shape index (κ3) is 4.26. The highest BCUT2D eigenvalue weighted by Gasteiger charge is 2.37. The van der Waals surface area contributed by atoms with Gasteiger partial charge < -0.3 is 14.2 Å². The molecule has 1 saturated heterocycles. The number of rotatable bonds is 6. The quantitative estimate of drug-likeness (QED) is 0.758. The lowest BCUT2D eigenvalue weighted by Gasteiger charge is -2.37. The monoisotopic (exact) mass is 391 g/mol. The predicted octanol–water partition coefficient (Wildman–Crippen LogP) is 2.72. The lowest BCUT2D eigenvalue weighted by atomic mass is 10.1. The van der Waals surface area contributed by atoms with Crippen LogP contribution in [0.2, 0.25) is 0 Å². The summed E-state index contributed by atoms with van der Waals surface area (Å²) in [6.45, 7) is 2.49. The van der Waals surface area contributed by atoms with Crippen molar-refractivity contribution in [2.24, 2.45) is 0 Å². The van der Waals surface area contributed by atoms with Crippen molar-refractivity contribution >= 4 is 10.0 Å². The second-order valence-corrected chi connectivity index (χ2v) is 8.44. The number of ether oxygens (including phenoxy) is 3. The van der Waals surface area contributed by atoms with Crippen molar-refractivity contribution < 1.29 is 22.6 Å². The maximum Gasteiger partial charge on any atom is 0.247 e. The summed E-state index contributed by atoms with van der Waals surface area (Å²) >= 11 is 0. The number of hydrogen-bond donors (Lipinski definition) is 0. The molecule has 1 aliphatic rings. The van der Waals surface area contributed by atoms with E-state index in [1.165, 1.54) is 24.6 Å². The summed E-state index contributed by atoms with van der Waals surface area (Å²) in [6, 6.07) is 14.5. The Hall–Kier alpha value is -2.09. The van der Waals surface area contributed by atoms with E-state index in [4.69, 9.17) is 14.2 Å². The van der Waals surface area contributed by atoms with Gasteiger partial charge in [-0.25, -0.2) is 8.42 Å². The van der Waals surface area contributed by atoms with Crippen molar-refractivity contribution in [3.05, 3.63) is 54.1 Å². The Kier molecular flexibility index (Phi) is 6.04. The molecule has 0 aliphatic carbocycles. The second-order valence-electron chi connectivity index (χ2n) is 6.59. The minimum Gasteiger partial charge on any atom is -0.497 e. The smallest absolute Gasteiger partial charge is 0.247 e. The molecule has 3 rings (SSSR count). The van der Waals surface area contributed by atoms with E-state index in [1.54, 1.807) is 12.1 Å². The molecule has 146 valence electrons. The Morgan fingerprint density at radius 2 is 1.85 bits per heavy atom. The van der Waals surface area contributed by atoms with Crippen molar-refractivity contribution in [3.8, 4) is 11.5 Å². The SMILES string of the molecule is COc1ccc(OC)c(S(=O)(=O)N2CC(Cc3ccccc3)OCC2C)c1. The molecule has 0 bridgehead atoms. The van der Waals surface area contributed by atoms with Crippen LogP contribution in [0.15, 0.2) is 53.4 Å². The third-order valence-electron chi connectivity index (χ3n) is 4.71. The Balaban J connectivity index is 1.88. The van der Waals surface area contributed by atoms with Crippen molar-refractivity contribution in [2.75, 3.05) is 27.4 Å². The molecule has 0 aromatic heterocycles. The minimum absolute atomic E-state index is 0.108. The van der Waals surface area contributed by atoms with E-state index in [2.05, 4.69) is 0 Å². The zero-order valence-corrected chi connectivity index (χ0v) is 16.6. The van der Waals surface area contributed by atoms with Gasteiger partial charge in [-0.05, 0) is 31.0 Å². The minimum atomic E-state index is -3.76. The first kappa shape index (κ1) is 19.7. The summed E-state index contributed by atoms with van der Waals surface area (Å²) in [5.74, 6) is 0.769.